The zero-order chi connectivity index (χ0) is 11.4. The molecule has 1 N–H and O–H groups in total. The number of nitrogens with one attached hydrogen (secondary N) is 1. The highest BCUT2D eigenvalue weighted by molar-refractivity contribution is 7.11. The Hall–Kier alpha value is -0.480. The van der Waals surface area contributed by atoms with Crippen molar-refractivity contribution >= 4 is 11.3 Å². The van der Waals surface area contributed by atoms with Crippen molar-refractivity contribution in [3.05, 3.63) is 10.0 Å². The molecule has 16 heavy (non-hydrogen) atoms. The van der Waals surface area contributed by atoms with Crippen molar-refractivity contribution in [3.8, 4) is 0 Å². The Labute approximate surface area is 102 Å². The van der Waals surface area contributed by atoms with Crippen LogP contribution in [0.5, 0.6) is 0 Å². The quantitative estimate of drug-likeness (QED) is 0.878. The minimum absolute atomic E-state index is 0.697. The molecule has 0 bridgehead atoms. The van der Waals surface area contributed by atoms with E-state index < -0.39 is 0 Å². The van der Waals surface area contributed by atoms with Gasteiger partial charge in [-0.25, -0.2) is 0 Å². The van der Waals surface area contributed by atoms with Crippen molar-refractivity contribution < 1.29 is 0 Å². The van der Waals surface area contributed by atoms with Gasteiger partial charge in [0.1, 0.15) is 10.0 Å². The van der Waals surface area contributed by atoms with E-state index in [1.807, 2.05) is 6.92 Å². The van der Waals surface area contributed by atoms with Crippen molar-refractivity contribution in [2.24, 2.45) is 5.92 Å². The van der Waals surface area contributed by atoms with Crippen LogP contribution in [-0.4, -0.2) is 16.2 Å². The van der Waals surface area contributed by atoms with Gasteiger partial charge in [0, 0.05) is 12.6 Å². The summed E-state index contributed by atoms with van der Waals surface area (Å²) in [6, 6.07) is 0.697. The first kappa shape index (κ1) is 12.0. The number of hydrogen-bond donors (Lipinski definition) is 1. The van der Waals surface area contributed by atoms with Gasteiger partial charge in [-0.15, -0.1) is 21.5 Å². The second-order valence-electron chi connectivity index (χ2n) is 4.73. The summed E-state index contributed by atoms with van der Waals surface area (Å²) in [7, 11) is 0. The second-order valence-corrected chi connectivity index (χ2v) is 6.00. The Morgan fingerprint density at radius 1 is 1.38 bits per heavy atom. The molecular weight excluding hydrogens is 218 g/mol. The van der Waals surface area contributed by atoms with Crippen LogP contribution in [0.25, 0.3) is 0 Å². The Morgan fingerprint density at radius 3 is 2.94 bits per heavy atom. The third kappa shape index (κ3) is 3.25. The molecule has 0 aromatic carbocycles. The lowest BCUT2D eigenvalue weighted by molar-refractivity contribution is 0.278. The van der Waals surface area contributed by atoms with E-state index in [1.165, 1.54) is 32.1 Å². The zero-order valence-corrected chi connectivity index (χ0v) is 11.0. The fourth-order valence-electron chi connectivity index (χ4n) is 2.49. The summed E-state index contributed by atoms with van der Waals surface area (Å²) in [6.07, 6.45) is 6.80. The highest BCUT2D eigenvalue weighted by atomic mass is 32.1. The summed E-state index contributed by atoms with van der Waals surface area (Å²) in [5.41, 5.74) is 0. The summed E-state index contributed by atoms with van der Waals surface area (Å²) in [6.45, 7) is 5.21. The molecule has 2 atom stereocenters. The van der Waals surface area contributed by atoms with Crippen LogP contribution < -0.4 is 5.32 Å². The summed E-state index contributed by atoms with van der Waals surface area (Å²) in [5, 5.41) is 14.0. The van der Waals surface area contributed by atoms with Gasteiger partial charge in [-0.05, 0) is 25.7 Å². The SMILES string of the molecule is CCC1CCCC(NCc2nnc(C)s2)C1. The van der Waals surface area contributed by atoms with E-state index in [4.69, 9.17) is 0 Å². The van der Waals surface area contributed by atoms with E-state index in [-0.39, 0.29) is 0 Å². The van der Waals surface area contributed by atoms with Crippen LogP contribution in [0.2, 0.25) is 0 Å². The summed E-state index contributed by atoms with van der Waals surface area (Å²) < 4.78 is 0. The minimum Gasteiger partial charge on any atom is -0.308 e. The van der Waals surface area contributed by atoms with Crippen molar-refractivity contribution in [1.29, 1.82) is 0 Å². The van der Waals surface area contributed by atoms with Crippen molar-refractivity contribution in [3.63, 3.8) is 0 Å². The van der Waals surface area contributed by atoms with E-state index >= 15 is 0 Å². The van der Waals surface area contributed by atoms with Crippen LogP contribution in [-0.2, 0) is 6.54 Å². The van der Waals surface area contributed by atoms with E-state index in [0.29, 0.717) is 6.04 Å². The highest BCUT2D eigenvalue weighted by Crippen LogP contribution is 2.26. The molecule has 1 aliphatic carbocycles. The molecule has 0 amide bonds. The summed E-state index contributed by atoms with van der Waals surface area (Å²) in [4.78, 5) is 0. The van der Waals surface area contributed by atoms with E-state index in [0.717, 1.165) is 22.5 Å². The second kappa shape index (κ2) is 5.73. The number of hydrogen-bond acceptors (Lipinski definition) is 4. The van der Waals surface area contributed by atoms with E-state index in [1.54, 1.807) is 11.3 Å². The first-order chi connectivity index (χ1) is 7.78. The maximum atomic E-state index is 4.15. The first-order valence-electron chi connectivity index (χ1n) is 6.30. The summed E-state index contributed by atoms with van der Waals surface area (Å²) >= 11 is 1.70. The largest absolute Gasteiger partial charge is 0.308 e. The van der Waals surface area contributed by atoms with Gasteiger partial charge in [-0.2, -0.15) is 0 Å². The predicted octanol–water partition coefficient (Wildman–Crippen LogP) is 2.90. The van der Waals surface area contributed by atoms with Crippen molar-refractivity contribution in [2.45, 2.75) is 58.5 Å². The third-order valence-electron chi connectivity index (χ3n) is 3.47. The van der Waals surface area contributed by atoms with Gasteiger partial charge in [0.15, 0.2) is 0 Å². The Bertz CT molecular complexity index is 324. The topological polar surface area (TPSA) is 37.8 Å². The maximum Gasteiger partial charge on any atom is 0.131 e. The van der Waals surface area contributed by atoms with Crippen LogP contribution in [0.4, 0.5) is 0 Å². The highest BCUT2D eigenvalue weighted by Gasteiger charge is 2.20. The predicted molar refractivity (Wildman–Crippen MR) is 67.5 cm³/mol. The van der Waals surface area contributed by atoms with Gasteiger partial charge in [0.2, 0.25) is 0 Å². The number of rotatable bonds is 4. The smallest absolute Gasteiger partial charge is 0.131 e. The van der Waals surface area contributed by atoms with Gasteiger partial charge < -0.3 is 5.32 Å². The van der Waals surface area contributed by atoms with Crippen LogP contribution in [0.1, 0.15) is 49.0 Å². The molecule has 1 aromatic heterocycles. The molecule has 0 radical (unpaired) electrons. The molecule has 0 saturated heterocycles. The lowest BCUT2D eigenvalue weighted by atomic mass is 9.84. The molecule has 0 aliphatic heterocycles. The maximum absolute atomic E-state index is 4.15. The fraction of sp³-hybridized carbons (Fsp3) is 0.833. The van der Waals surface area contributed by atoms with E-state index in [2.05, 4.69) is 22.4 Å². The molecule has 90 valence electrons. The molecule has 1 aromatic rings. The van der Waals surface area contributed by atoms with Gasteiger partial charge in [0.05, 0.1) is 0 Å². The normalized spacial score (nSPS) is 25.9. The van der Waals surface area contributed by atoms with Gasteiger partial charge in [-0.1, -0.05) is 26.2 Å². The average Bonchev–Trinajstić information content (AvgIpc) is 2.73. The molecule has 1 heterocycles. The number of nitrogens with zero attached hydrogens (tertiary/aromatic N) is 2. The van der Waals surface area contributed by atoms with Crippen molar-refractivity contribution in [1.82, 2.24) is 15.5 Å². The Morgan fingerprint density at radius 2 is 2.25 bits per heavy atom. The van der Waals surface area contributed by atoms with Crippen LogP contribution >= 0.6 is 11.3 Å². The molecule has 2 unspecified atom stereocenters. The van der Waals surface area contributed by atoms with Crippen LogP contribution in [0.3, 0.4) is 0 Å². The zero-order valence-electron chi connectivity index (χ0n) is 10.2. The molecule has 1 fully saturated rings. The van der Waals surface area contributed by atoms with Crippen LogP contribution in [0.15, 0.2) is 0 Å². The fourth-order valence-corrected chi connectivity index (χ4v) is 3.15. The standard InChI is InChI=1S/C12H21N3S/c1-3-10-5-4-6-11(7-10)13-8-12-15-14-9(2)16-12/h10-11,13H,3-8H2,1-2H3. The minimum atomic E-state index is 0.697. The lowest BCUT2D eigenvalue weighted by Crippen LogP contribution is -2.33. The average molecular weight is 239 g/mol. The monoisotopic (exact) mass is 239 g/mol. The Balaban J connectivity index is 1.77. The first-order valence-corrected chi connectivity index (χ1v) is 7.12. The van der Waals surface area contributed by atoms with Gasteiger partial charge in [-0.3, -0.25) is 0 Å². The Kier molecular flexibility index (Phi) is 4.29. The molecule has 1 aliphatic rings. The van der Waals surface area contributed by atoms with Gasteiger partial charge >= 0.3 is 0 Å². The molecule has 4 heteroatoms. The van der Waals surface area contributed by atoms with Crippen LogP contribution in [0, 0.1) is 12.8 Å². The lowest BCUT2D eigenvalue weighted by Gasteiger charge is -2.28. The molecule has 0 spiro atoms. The van der Waals surface area contributed by atoms with Crippen molar-refractivity contribution in [2.75, 3.05) is 0 Å². The molecule has 3 nitrogen and oxygen atoms in total. The van der Waals surface area contributed by atoms with E-state index in [9.17, 15) is 0 Å². The van der Waals surface area contributed by atoms with Gasteiger partial charge in [0.25, 0.3) is 0 Å². The molecule has 1 saturated carbocycles. The molecular formula is C12H21N3S. The number of aryl methyl sites for hydroxylation is 1. The summed E-state index contributed by atoms with van der Waals surface area (Å²) in [5.74, 6) is 0.933. The molecule has 2 rings (SSSR count). The number of aromatic nitrogens is 2. The third-order valence-corrected chi connectivity index (χ3v) is 4.31.